The fourth-order valence-electron chi connectivity index (χ4n) is 0.825. The minimum Gasteiger partial charge on any atom is -0.286 e. The second kappa shape index (κ2) is 8.61. The van der Waals surface area contributed by atoms with Gasteiger partial charge in [0.05, 0.1) is 17.4 Å². The Balaban J connectivity index is 0. The van der Waals surface area contributed by atoms with E-state index in [0.717, 1.165) is 0 Å². The van der Waals surface area contributed by atoms with E-state index < -0.39 is 25.2 Å². The average molecular weight is 344 g/mol. The van der Waals surface area contributed by atoms with Crippen molar-refractivity contribution in [3.63, 3.8) is 0 Å². The lowest BCUT2D eigenvalue weighted by Gasteiger charge is -1.97. The van der Waals surface area contributed by atoms with Crippen LogP contribution >= 0.6 is 0 Å². The van der Waals surface area contributed by atoms with Crippen molar-refractivity contribution in [2.45, 2.75) is 13.8 Å². The lowest BCUT2D eigenvalue weighted by Crippen LogP contribution is -1.94. The third-order valence-electron chi connectivity index (χ3n) is 1.62. The average Bonchev–Trinajstić information content (AvgIpc) is 2.16. The second-order valence-corrected chi connectivity index (χ2v) is 6.70. The van der Waals surface area contributed by atoms with Crippen molar-refractivity contribution in [2.24, 2.45) is 0 Å². The van der Waals surface area contributed by atoms with Gasteiger partial charge in [0, 0.05) is 23.5 Å². The zero-order chi connectivity index (χ0) is 17.4. The van der Waals surface area contributed by atoms with Crippen molar-refractivity contribution in [2.75, 3.05) is 12.5 Å². The molecule has 0 radical (unpaired) electrons. The summed E-state index contributed by atoms with van der Waals surface area (Å²) < 4.78 is 51.7. The highest BCUT2D eigenvalue weighted by Crippen LogP contribution is 2.17. The fraction of sp³-hybridized carbons (Fsp3) is 0.444. The van der Waals surface area contributed by atoms with Crippen LogP contribution in [0.25, 0.3) is 0 Å². The summed E-state index contributed by atoms with van der Waals surface area (Å²) in [4.78, 5) is 13.9. The highest BCUT2D eigenvalue weighted by Gasteiger charge is 2.10. The molecule has 1 heterocycles. The Morgan fingerprint density at radius 3 is 1.67 bits per heavy atom. The molecule has 0 bridgehead atoms. The molecule has 0 saturated carbocycles. The van der Waals surface area contributed by atoms with Gasteiger partial charge >= 0.3 is 0 Å². The molecule has 1 aromatic rings. The number of aromatic nitrogens is 1. The van der Waals surface area contributed by atoms with E-state index >= 15 is 0 Å². The van der Waals surface area contributed by atoms with Crippen LogP contribution in [0.15, 0.2) is 12.3 Å². The largest absolute Gasteiger partial charge is 0.286 e. The van der Waals surface area contributed by atoms with Crippen LogP contribution in [-0.2, 0) is 20.2 Å². The Hall–Kier alpha value is -1.63. The smallest absolute Gasteiger partial charge is 0.275 e. The Labute approximate surface area is 122 Å². The molecule has 1 rings (SSSR count). The van der Waals surface area contributed by atoms with Crippen LogP contribution in [-0.4, -0.2) is 48.4 Å². The van der Waals surface area contributed by atoms with Crippen LogP contribution in [0.3, 0.4) is 0 Å². The second-order valence-electron chi connectivity index (χ2n) is 3.76. The summed E-state index contributed by atoms with van der Waals surface area (Å²) in [5.74, 6) is 0. The summed E-state index contributed by atoms with van der Waals surface area (Å²) in [5, 5.41) is 10.4. The SMILES string of the molecule is CS(=O)(=O)O.CS(=O)(=O)O.Cc1nccc([N+](=O)[O-])c1C. The number of rotatable bonds is 1. The van der Waals surface area contributed by atoms with Crippen LogP contribution in [0.1, 0.15) is 11.3 Å². The maximum atomic E-state index is 10.4. The molecule has 12 heteroatoms. The first-order valence-corrected chi connectivity index (χ1v) is 8.74. The molecule has 2 N–H and O–H groups in total. The Kier molecular flexibility index (Phi) is 8.88. The Morgan fingerprint density at radius 2 is 1.43 bits per heavy atom. The maximum Gasteiger partial charge on any atom is 0.275 e. The molecule has 0 unspecified atom stereocenters. The summed E-state index contributed by atoms with van der Waals surface area (Å²) in [6.45, 7) is 3.45. The number of nitro groups is 1. The first kappa shape index (κ1) is 21.7. The summed E-state index contributed by atoms with van der Waals surface area (Å²) in [7, 11) is -7.33. The summed E-state index contributed by atoms with van der Waals surface area (Å²) in [5.41, 5.74) is 1.48. The number of nitrogens with zero attached hydrogens (tertiary/aromatic N) is 2. The number of hydrogen-bond donors (Lipinski definition) is 2. The first-order chi connectivity index (χ1) is 9.13. The van der Waals surface area contributed by atoms with Crippen molar-refractivity contribution in [3.8, 4) is 0 Å². The van der Waals surface area contributed by atoms with Gasteiger partial charge in [0.1, 0.15) is 0 Å². The van der Waals surface area contributed by atoms with Crippen molar-refractivity contribution < 1.29 is 30.9 Å². The Morgan fingerprint density at radius 1 is 1.10 bits per heavy atom. The molecule has 10 nitrogen and oxygen atoms in total. The molecule has 0 atom stereocenters. The molecule has 0 aromatic carbocycles. The molecule has 0 spiro atoms. The molecule has 0 aliphatic heterocycles. The standard InChI is InChI=1S/C7H8N2O2.2CH4O3S/c1-5-6(2)8-4-3-7(5)9(10)11;2*1-5(2,3)4/h3-4H,1-2H3;2*1H3,(H,2,3,4). The third kappa shape index (κ3) is 18.4. The van der Waals surface area contributed by atoms with Crippen molar-refractivity contribution in [1.29, 1.82) is 0 Å². The highest BCUT2D eigenvalue weighted by atomic mass is 32.2. The van der Waals surface area contributed by atoms with Gasteiger partial charge in [0.15, 0.2) is 0 Å². The van der Waals surface area contributed by atoms with Crippen LogP contribution in [0.4, 0.5) is 5.69 Å². The fourth-order valence-corrected chi connectivity index (χ4v) is 0.825. The highest BCUT2D eigenvalue weighted by molar-refractivity contribution is 7.85. The zero-order valence-corrected chi connectivity index (χ0v) is 13.3. The van der Waals surface area contributed by atoms with E-state index in [1.54, 1.807) is 13.8 Å². The third-order valence-corrected chi connectivity index (χ3v) is 1.62. The van der Waals surface area contributed by atoms with E-state index in [1.807, 2.05) is 0 Å². The van der Waals surface area contributed by atoms with E-state index in [-0.39, 0.29) is 5.69 Å². The first-order valence-electron chi connectivity index (χ1n) is 5.04. The lowest BCUT2D eigenvalue weighted by atomic mass is 10.2. The topological polar surface area (TPSA) is 165 Å². The van der Waals surface area contributed by atoms with Crippen molar-refractivity contribution >= 4 is 25.9 Å². The van der Waals surface area contributed by atoms with E-state index in [1.165, 1.54) is 12.3 Å². The van der Waals surface area contributed by atoms with Gasteiger partial charge in [0.2, 0.25) is 0 Å². The molecule has 0 aliphatic carbocycles. The van der Waals surface area contributed by atoms with E-state index in [0.29, 0.717) is 23.8 Å². The molecule has 0 aliphatic rings. The quantitative estimate of drug-likeness (QED) is 0.421. The van der Waals surface area contributed by atoms with Gasteiger partial charge in [-0.2, -0.15) is 16.8 Å². The summed E-state index contributed by atoms with van der Waals surface area (Å²) >= 11 is 0. The molecular formula is C9H16N2O8S2. The zero-order valence-electron chi connectivity index (χ0n) is 11.7. The van der Waals surface area contributed by atoms with Gasteiger partial charge in [-0.05, 0) is 13.8 Å². The van der Waals surface area contributed by atoms with Gasteiger partial charge in [-0.3, -0.25) is 24.2 Å². The van der Waals surface area contributed by atoms with Crippen LogP contribution < -0.4 is 0 Å². The van der Waals surface area contributed by atoms with E-state index in [4.69, 9.17) is 9.11 Å². The molecule has 0 saturated heterocycles. The predicted octanol–water partition coefficient (Wildman–Crippen LogP) is 0.615. The van der Waals surface area contributed by atoms with Crippen molar-refractivity contribution in [1.82, 2.24) is 4.98 Å². The molecule has 1 aromatic heterocycles. The number of aryl methyl sites for hydroxylation is 1. The van der Waals surface area contributed by atoms with Crippen molar-refractivity contribution in [3.05, 3.63) is 33.6 Å². The normalized spacial score (nSPS) is 10.6. The monoisotopic (exact) mass is 344 g/mol. The predicted molar refractivity (Wildman–Crippen MR) is 75.3 cm³/mol. The lowest BCUT2D eigenvalue weighted by molar-refractivity contribution is -0.385. The minimum absolute atomic E-state index is 0.137. The molecular weight excluding hydrogens is 328 g/mol. The molecule has 0 fully saturated rings. The summed E-state index contributed by atoms with van der Waals surface area (Å²) in [6.07, 6.45) is 2.88. The number of hydrogen-bond acceptors (Lipinski definition) is 7. The Bertz CT molecular complexity index is 636. The molecule has 122 valence electrons. The molecule has 0 amide bonds. The molecule has 21 heavy (non-hydrogen) atoms. The van der Waals surface area contributed by atoms with Gasteiger partial charge in [-0.15, -0.1) is 0 Å². The van der Waals surface area contributed by atoms with Gasteiger partial charge in [-0.1, -0.05) is 0 Å². The maximum absolute atomic E-state index is 10.4. The van der Waals surface area contributed by atoms with Crippen LogP contribution in [0, 0.1) is 24.0 Å². The van der Waals surface area contributed by atoms with Gasteiger partial charge < -0.3 is 0 Å². The summed E-state index contributed by atoms with van der Waals surface area (Å²) in [6, 6.07) is 1.41. The number of pyridine rings is 1. The van der Waals surface area contributed by atoms with E-state index in [9.17, 15) is 26.9 Å². The minimum atomic E-state index is -3.67. The van der Waals surface area contributed by atoms with Gasteiger partial charge in [0.25, 0.3) is 25.9 Å². The van der Waals surface area contributed by atoms with Crippen LogP contribution in [0.2, 0.25) is 0 Å². The van der Waals surface area contributed by atoms with Crippen LogP contribution in [0.5, 0.6) is 0 Å². The van der Waals surface area contributed by atoms with Gasteiger partial charge in [-0.25, -0.2) is 0 Å². The van der Waals surface area contributed by atoms with E-state index in [2.05, 4.69) is 4.98 Å².